The quantitative estimate of drug-likeness (QED) is 0.285. The molecule has 1 atom stereocenters. The smallest absolute Gasteiger partial charge is 0.308 e. The molecule has 0 saturated carbocycles. The molecule has 0 fully saturated rings. The zero-order valence-corrected chi connectivity index (χ0v) is 19.1. The molecule has 0 bridgehead atoms. The van der Waals surface area contributed by atoms with Gasteiger partial charge in [-0.2, -0.15) is 0 Å². The number of unbranched alkanes of at least 4 members (excludes halogenated alkanes) is 1. The molecule has 2 aromatic carbocycles. The Morgan fingerprint density at radius 3 is 2.61 bits per heavy atom. The van der Waals surface area contributed by atoms with Crippen LogP contribution in [0.4, 0.5) is 0 Å². The van der Waals surface area contributed by atoms with Crippen molar-refractivity contribution in [3.05, 3.63) is 60.7 Å². The van der Waals surface area contributed by atoms with Crippen LogP contribution in [0.15, 0.2) is 60.7 Å². The van der Waals surface area contributed by atoms with Gasteiger partial charge in [-0.1, -0.05) is 43.3 Å². The summed E-state index contributed by atoms with van der Waals surface area (Å²) in [6, 6.07) is 20.0. The van der Waals surface area contributed by atoms with Crippen molar-refractivity contribution in [2.45, 2.75) is 33.1 Å². The van der Waals surface area contributed by atoms with Gasteiger partial charge in [-0.05, 0) is 55.5 Å². The summed E-state index contributed by atoms with van der Waals surface area (Å²) in [5.74, 6) is 1.84. The zero-order chi connectivity index (χ0) is 23.0. The fraction of sp³-hybridized carbons (Fsp3) is 0.333. The van der Waals surface area contributed by atoms with Crippen LogP contribution in [0.3, 0.4) is 0 Å². The van der Waals surface area contributed by atoms with Gasteiger partial charge in [0.2, 0.25) is 12.7 Å². The Kier molecular flexibility index (Phi) is 7.45. The number of hydrogen-bond acceptors (Lipinski definition) is 6. The lowest BCUT2D eigenvalue weighted by Gasteiger charge is -2.12. The van der Waals surface area contributed by atoms with Crippen molar-refractivity contribution in [1.82, 2.24) is 4.98 Å². The molecular formula is C27H29NO5. The number of carbonyl (C=O) groups excluding carboxylic acids is 1. The lowest BCUT2D eigenvalue weighted by Crippen LogP contribution is -2.14. The molecule has 172 valence electrons. The highest BCUT2D eigenvalue weighted by atomic mass is 16.7. The molecule has 0 N–H and O–H groups in total. The highest BCUT2D eigenvalue weighted by molar-refractivity contribution is 5.74. The third-order valence-electron chi connectivity index (χ3n) is 5.55. The number of benzene rings is 2. The Morgan fingerprint density at radius 1 is 0.970 bits per heavy atom. The molecule has 33 heavy (non-hydrogen) atoms. The molecule has 0 radical (unpaired) electrons. The lowest BCUT2D eigenvalue weighted by molar-refractivity contribution is -0.147. The highest BCUT2D eigenvalue weighted by Gasteiger charge is 2.16. The van der Waals surface area contributed by atoms with Crippen molar-refractivity contribution in [1.29, 1.82) is 0 Å². The van der Waals surface area contributed by atoms with Gasteiger partial charge in [-0.15, -0.1) is 0 Å². The molecule has 6 heteroatoms. The Bertz CT molecular complexity index is 1080. The fourth-order valence-electron chi connectivity index (χ4n) is 3.71. The summed E-state index contributed by atoms with van der Waals surface area (Å²) in [5, 5.41) is 0. The highest BCUT2D eigenvalue weighted by Crippen LogP contribution is 2.37. The van der Waals surface area contributed by atoms with Crippen LogP contribution in [-0.4, -0.2) is 31.0 Å². The predicted molar refractivity (Wildman–Crippen MR) is 126 cm³/mol. The second-order valence-corrected chi connectivity index (χ2v) is 8.01. The summed E-state index contributed by atoms with van der Waals surface area (Å²) in [4.78, 5) is 16.5. The van der Waals surface area contributed by atoms with Crippen molar-refractivity contribution in [3.8, 4) is 39.8 Å². The molecule has 1 aromatic heterocycles. The maximum absolute atomic E-state index is 11.8. The van der Waals surface area contributed by atoms with Crippen LogP contribution < -0.4 is 14.2 Å². The van der Waals surface area contributed by atoms with Gasteiger partial charge >= 0.3 is 5.97 Å². The number of esters is 1. The normalized spacial score (nSPS) is 12.9. The first-order valence-electron chi connectivity index (χ1n) is 11.4. The van der Waals surface area contributed by atoms with E-state index in [4.69, 9.17) is 23.9 Å². The van der Waals surface area contributed by atoms with Crippen molar-refractivity contribution in [3.63, 3.8) is 0 Å². The van der Waals surface area contributed by atoms with E-state index in [2.05, 4.69) is 6.07 Å². The van der Waals surface area contributed by atoms with E-state index in [1.165, 1.54) is 0 Å². The van der Waals surface area contributed by atoms with Crippen molar-refractivity contribution in [2.75, 3.05) is 20.0 Å². The molecule has 1 unspecified atom stereocenters. The average molecular weight is 448 g/mol. The van der Waals surface area contributed by atoms with Crippen molar-refractivity contribution < 1.29 is 23.7 Å². The van der Waals surface area contributed by atoms with Crippen LogP contribution in [0, 0.1) is 5.92 Å². The number of carbonyl (C=O) groups is 1. The van der Waals surface area contributed by atoms with Crippen LogP contribution >= 0.6 is 0 Å². The zero-order valence-electron chi connectivity index (χ0n) is 19.1. The Balaban J connectivity index is 1.47. The van der Waals surface area contributed by atoms with Gasteiger partial charge in [0.1, 0.15) is 0 Å². The predicted octanol–water partition coefficient (Wildman–Crippen LogP) is 5.89. The van der Waals surface area contributed by atoms with E-state index >= 15 is 0 Å². The third-order valence-corrected chi connectivity index (χ3v) is 5.55. The Morgan fingerprint density at radius 2 is 1.79 bits per heavy atom. The van der Waals surface area contributed by atoms with E-state index in [9.17, 15) is 4.79 Å². The Hall–Kier alpha value is -3.54. The average Bonchev–Trinajstić information content (AvgIpc) is 3.32. The maximum atomic E-state index is 11.8. The van der Waals surface area contributed by atoms with Crippen molar-refractivity contribution in [2.24, 2.45) is 5.92 Å². The van der Waals surface area contributed by atoms with Gasteiger partial charge in [0, 0.05) is 11.6 Å². The summed E-state index contributed by atoms with van der Waals surface area (Å²) >= 11 is 0. The van der Waals surface area contributed by atoms with E-state index in [1.807, 2.05) is 68.4 Å². The van der Waals surface area contributed by atoms with Gasteiger partial charge < -0.3 is 18.9 Å². The first kappa shape index (κ1) is 22.6. The molecule has 0 spiro atoms. The molecule has 1 aliphatic rings. The maximum Gasteiger partial charge on any atom is 0.308 e. The first-order chi connectivity index (χ1) is 16.1. The Labute approximate surface area is 194 Å². The largest absolute Gasteiger partial charge is 0.478 e. The molecule has 0 aliphatic carbocycles. The summed E-state index contributed by atoms with van der Waals surface area (Å²) in [6.45, 7) is 4.92. The molecule has 4 rings (SSSR count). The van der Waals surface area contributed by atoms with Crippen LogP contribution in [0.5, 0.6) is 17.4 Å². The van der Waals surface area contributed by atoms with E-state index in [0.29, 0.717) is 19.1 Å². The number of aromatic nitrogens is 1. The first-order valence-corrected chi connectivity index (χ1v) is 11.4. The molecule has 1 aliphatic heterocycles. The standard InChI is InChI=1S/C27H29NO5/c1-3-30-27(29)19(2)9-7-8-14-31-26-17-22(15-23(28-26)20-10-5-4-6-11-20)21-12-13-24-25(16-21)33-18-32-24/h4-6,10-13,15-17,19H,3,7-9,14,18H2,1-2H3. The van der Waals surface area contributed by atoms with Crippen LogP contribution in [0.2, 0.25) is 0 Å². The molecule has 0 saturated heterocycles. The van der Waals surface area contributed by atoms with Crippen molar-refractivity contribution >= 4 is 5.97 Å². The topological polar surface area (TPSA) is 66.9 Å². The lowest BCUT2D eigenvalue weighted by atomic mass is 10.0. The van der Waals surface area contributed by atoms with E-state index < -0.39 is 0 Å². The second-order valence-electron chi connectivity index (χ2n) is 8.01. The minimum atomic E-state index is -0.135. The summed E-state index contributed by atoms with van der Waals surface area (Å²) < 4.78 is 22.1. The third kappa shape index (κ3) is 5.83. The van der Waals surface area contributed by atoms with Gasteiger partial charge in [0.05, 0.1) is 24.8 Å². The SMILES string of the molecule is CCOC(=O)C(C)CCCCOc1cc(-c2ccc3c(c2)OCO3)cc(-c2ccccc2)n1. The molecular weight excluding hydrogens is 418 g/mol. The summed E-state index contributed by atoms with van der Waals surface area (Å²) in [6.07, 6.45) is 2.50. The van der Waals surface area contributed by atoms with Gasteiger partial charge in [0.15, 0.2) is 11.5 Å². The minimum Gasteiger partial charge on any atom is -0.478 e. The number of rotatable bonds is 10. The number of fused-ring (bicyclic) bond motifs is 1. The molecule has 0 amide bonds. The van der Waals surface area contributed by atoms with E-state index in [-0.39, 0.29) is 18.7 Å². The van der Waals surface area contributed by atoms with Crippen LogP contribution in [-0.2, 0) is 9.53 Å². The van der Waals surface area contributed by atoms with E-state index in [0.717, 1.165) is 53.1 Å². The van der Waals surface area contributed by atoms with Gasteiger partial charge in [-0.25, -0.2) is 4.98 Å². The number of hydrogen-bond donors (Lipinski definition) is 0. The number of ether oxygens (including phenoxy) is 4. The van der Waals surface area contributed by atoms with Crippen LogP contribution in [0.25, 0.3) is 22.4 Å². The van der Waals surface area contributed by atoms with E-state index in [1.54, 1.807) is 0 Å². The number of pyridine rings is 1. The monoisotopic (exact) mass is 447 g/mol. The van der Waals surface area contributed by atoms with Gasteiger partial charge in [-0.3, -0.25) is 4.79 Å². The second kappa shape index (κ2) is 10.9. The molecule has 6 nitrogen and oxygen atoms in total. The fourth-order valence-corrected chi connectivity index (χ4v) is 3.71. The minimum absolute atomic E-state index is 0.0953. The summed E-state index contributed by atoms with van der Waals surface area (Å²) in [7, 11) is 0. The summed E-state index contributed by atoms with van der Waals surface area (Å²) in [5.41, 5.74) is 3.87. The number of nitrogens with zero attached hydrogens (tertiary/aromatic N) is 1. The van der Waals surface area contributed by atoms with Crippen LogP contribution in [0.1, 0.15) is 33.1 Å². The molecule has 2 heterocycles. The molecule has 3 aromatic rings. The van der Waals surface area contributed by atoms with Gasteiger partial charge in [0.25, 0.3) is 0 Å².